The monoisotopic (exact) mass is 1350 g/mol. The van der Waals surface area contributed by atoms with Gasteiger partial charge in [0.1, 0.15) is 0 Å². The van der Waals surface area contributed by atoms with Crippen molar-refractivity contribution in [2.45, 2.75) is 401 Å². The molecule has 570 valence electrons. The molecule has 0 saturated heterocycles. The Kier molecular flexibility index (Phi) is 39.4. The second kappa shape index (κ2) is 41.8. The minimum Gasteiger partial charge on any atom is -0.342 e. The minimum absolute atomic E-state index is 0.129. The molecule has 0 spiro atoms. The molecule has 8 aliphatic carbocycles. The van der Waals surface area contributed by atoms with Gasteiger partial charge >= 0.3 is 6.03 Å². The van der Waals surface area contributed by atoms with Gasteiger partial charge in [-0.05, 0) is 280 Å². The number of hydrogen-bond acceptors (Lipinski definition) is 6. The van der Waals surface area contributed by atoms with Gasteiger partial charge in [0.15, 0.2) is 0 Å². The molecular weight excluding hydrogens is 1180 g/mol. The Morgan fingerprint density at radius 3 is 0.896 bits per heavy atom. The number of carbonyl (C=O) groups is 2. The molecule has 0 radical (unpaired) electrons. The Hall–Kier alpha value is -1.42. The Bertz CT molecular complexity index is 2010. The summed E-state index contributed by atoms with van der Waals surface area (Å²) in [6.45, 7) is 56.0. The van der Waals surface area contributed by atoms with Gasteiger partial charge in [0, 0.05) is 64.4 Å². The molecule has 0 bridgehead atoms. The number of nitrogens with two attached hydrogens (primary N) is 1. The van der Waals surface area contributed by atoms with Gasteiger partial charge in [-0.1, -0.05) is 198 Å². The smallest absolute Gasteiger partial charge is 0.319 e. The maximum absolute atomic E-state index is 12.1. The standard InChI is InChI=1S/C16H30N2O.C14H28N2O.C13H27N.C12H25N.C12H24.C10H21N.C10H20/c1-16(2,3)12-5-9-14(10-6-12)18(4)15(19)11-17-13-7-8-13;1-14(2,3)11-7-9-12(10-8-11)16(6)13(17)15(4)5;1-6-14(5)12-9-7-11(8-10-12)13(2,3)4;1-12(2,3)10-6-8-11(9-7-10)13(4)5;1-5-10-6-8-11(9-7-10)12(2,3)4;1-10(2,3)8-4-6-9(11)7-5-8;1-10(2,3)9-7-5-4-6-8-9/h12-14,17H,5-11H2,1-4H3;11-12H,7-10H2,1-6H3;11-12H,6-10H2,1-5H3;10-11H,6-9H2,1-5H3;10-11H,5-9H2,1-4H3;8-9H,4-7,11H2,1-3H3;9H,4-8H2,1-3H3. The second-order valence-electron chi connectivity index (χ2n) is 41.1. The van der Waals surface area contributed by atoms with Gasteiger partial charge in [-0.2, -0.15) is 0 Å². The molecule has 3 N–H and O–H groups in total. The van der Waals surface area contributed by atoms with Gasteiger partial charge in [-0.25, -0.2) is 4.79 Å². The lowest BCUT2D eigenvalue weighted by molar-refractivity contribution is -0.132. The number of carbonyl (C=O) groups excluding carboxylic acids is 2. The molecule has 0 atom stereocenters. The number of hydrogen-bond donors (Lipinski definition) is 2. The third-order valence-corrected chi connectivity index (χ3v) is 26.3. The molecule has 8 fully saturated rings. The Morgan fingerprint density at radius 2 is 0.625 bits per heavy atom. The van der Waals surface area contributed by atoms with E-state index in [2.05, 4.69) is 196 Å². The highest BCUT2D eigenvalue weighted by Gasteiger charge is 2.37. The van der Waals surface area contributed by atoms with Gasteiger partial charge < -0.3 is 35.6 Å². The van der Waals surface area contributed by atoms with E-state index in [0.717, 1.165) is 72.3 Å². The fourth-order valence-corrected chi connectivity index (χ4v) is 17.5. The van der Waals surface area contributed by atoms with Crippen LogP contribution in [0.5, 0.6) is 0 Å². The summed E-state index contributed by atoms with van der Waals surface area (Å²) in [6, 6.07) is 3.85. The summed E-state index contributed by atoms with van der Waals surface area (Å²) in [7, 11) is 14.2. The predicted molar refractivity (Wildman–Crippen MR) is 424 cm³/mol. The molecule has 3 amide bonds. The second-order valence-corrected chi connectivity index (χ2v) is 41.1. The number of nitrogens with zero attached hydrogens (tertiary/aromatic N) is 5. The summed E-state index contributed by atoms with van der Waals surface area (Å²) in [6.07, 6.45) is 43.3. The van der Waals surface area contributed by atoms with Crippen molar-refractivity contribution < 1.29 is 9.59 Å². The normalized spacial score (nSPS) is 28.9. The number of likely N-dealkylation sites (N-methyl/N-ethyl adjacent to an activating group) is 1. The minimum atomic E-state index is 0.129. The summed E-state index contributed by atoms with van der Waals surface area (Å²) in [5.41, 5.74) is 9.34. The van der Waals surface area contributed by atoms with Crippen LogP contribution in [0, 0.1) is 85.2 Å². The summed E-state index contributed by atoms with van der Waals surface area (Å²) in [5.74, 6) is 7.73. The number of urea groups is 1. The average molecular weight is 1350 g/mol. The van der Waals surface area contributed by atoms with Gasteiger partial charge in [-0.3, -0.25) is 4.79 Å². The van der Waals surface area contributed by atoms with E-state index in [0.29, 0.717) is 68.6 Å². The molecule has 9 nitrogen and oxygen atoms in total. The molecule has 0 aliphatic heterocycles. The zero-order chi connectivity index (χ0) is 73.4. The molecule has 0 heterocycles. The van der Waals surface area contributed by atoms with E-state index in [9.17, 15) is 9.59 Å². The van der Waals surface area contributed by atoms with Crippen molar-refractivity contribution in [1.29, 1.82) is 0 Å². The summed E-state index contributed by atoms with van der Waals surface area (Å²) < 4.78 is 0. The number of nitrogens with one attached hydrogen (secondary N) is 1. The first-order valence-corrected chi connectivity index (χ1v) is 41.2. The van der Waals surface area contributed by atoms with Crippen LogP contribution in [0.25, 0.3) is 0 Å². The Labute approximate surface area is 602 Å². The average Bonchev–Trinajstić information content (AvgIpc) is 1.10. The van der Waals surface area contributed by atoms with E-state index >= 15 is 0 Å². The van der Waals surface area contributed by atoms with Crippen LogP contribution >= 0.6 is 0 Å². The maximum atomic E-state index is 12.1. The summed E-state index contributed by atoms with van der Waals surface area (Å²) >= 11 is 0. The lowest BCUT2D eigenvalue weighted by Crippen LogP contribution is -2.45. The van der Waals surface area contributed by atoms with Gasteiger partial charge in [0.2, 0.25) is 5.91 Å². The Morgan fingerprint density at radius 1 is 0.344 bits per heavy atom. The molecular formula is C87H175N7O2. The first-order chi connectivity index (χ1) is 44.1. The summed E-state index contributed by atoms with van der Waals surface area (Å²) in [5, 5.41) is 3.32. The zero-order valence-electron chi connectivity index (χ0n) is 70.8. The van der Waals surface area contributed by atoms with E-state index < -0.39 is 0 Å². The van der Waals surface area contributed by atoms with Crippen molar-refractivity contribution >= 4 is 11.9 Å². The number of rotatable bonds is 9. The highest BCUT2D eigenvalue weighted by atomic mass is 16.2. The molecule has 9 heteroatoms. The molecule has 96 heavy (non-hydrogen) atoms. The molecule has 0 aromatic heterocycles. The molecule has 8 saturated carbocycles. The van der Waals surface area contributed by atoms with Crippen LogP contribution in [-0.2, 0) is 4.79 Å². The van der Waals surface area contributed by atoms with E-state index in [1.54, 1.807) is 4.90 Å². The quantitative estimate of drug-likeness (QED) is 0.239. The zero-order valence-corrected chi connectivity index (χ0v) is 70.8. The molecule has 8 aliphatic rings. The van der Waals surface area contributed by atoms with Crippen LogP contribution < -0.4 is 11.1 Å². The summed E-state index contributed by atoms with van der Waals surface area (Å²) in [4.78, 5) is 34.5. The van der Waals surface area contributed by atoms with E-state index in [1.165, 1.54) is 199 Å². The highest BCUT2D eigenvalue weighted by molar-refractivity contribution is 5.78. The third kappa shape index (κ3) is 35.2. The molecule has 0 aromatic carbocycles. The van der Waals surface area contributed by atoms with E-state index in [4.69, 9.17) is 5.73 Å². The van der Waals surface area contributed by atoms with Crippen LogP contribution in [0.3, 0.4) is 0 Å². The third-order valence-electron chi connectivity index (χ3n) is 26.3. The number of amides is 3. The van der Waals surface area contributed by atoms with E-state index in [1.807, 2.05) is 38.0 Å². The molecule has 0 unspecified atom stereocenters. The Balaban J connectivity index is 0.000000385. The van der Waals surface area contributed by atoms with E-state index in [-0.39, 0.29) is 11.9 Å². The first-order valence-electron chi connectivity index (χ1n) is 41.2. The van der Waals surface area contributed by atoms with Gasteiger partial charge in [0.05, 0.1) is 6.54 Å². The van der Waals surface area contributed by atoms with Crippen LogP contribution in [0.1, 0.15) is 365 Å². The van der Waals surface area contributed by atoms with Crippen molar-refractivity contribution in [2.24, 2.45) is 91.0 Å². The van der Waals surface area contributed by atoms with Gasteiger partial charge in [0.25, 0.3) is 0 Å². The van der Waals surface area contributed by atoms with Crippen molar-refractivity contribution in [2.75, 3.05) is 62.4 Å². The lowest BCUT2D eigenvalue weighted by Gasteiger charge is -2.40. The van der Waals surface area contributed by atoms with Crippen LogP contribution in [0.4, 0.5) is 4.79 Å². The predicted octanol–water partition coefficient (Wildman–Crippen LogP) is 23.1. The van der Waals surface area contributed by atoms with Crippen LogP contribution in [0.2, 0.25) is 0 Å². The highest BCUT2D eigenvalue weighted by Crippen LogP contribution is 2.45. The topological polar surface area (TPSA) is 88.4 Å². The first kappa shape index (κ1) is 90.7. The van der Waals surface area contributed by atoms with Crippen molar-refractivity contribution in [3.8, 4) is 0 Å². The fraction of sp³-hybridized carbons (Fsp3) is 0.977. The van der Waals surface area contributed by atoms with Crippen molar-refractivity contribution in [1.82, 2.24) is 29.8 Å². The largest absolute Gasteiger partial charge is 0.342 e. The molecule has 8 rings (SSSR count). The van der Waals surface area contributed by atoms with Crippen molar-refractivity contribution in [3.05, 3.63) is 0 Å². The van der Waals surface area contributed by atoms with Crippen LogP contribution in [0.15, 0.2) is 0 Å². The molecule has 0 aromatic rings. The lowest BCUT2D eigenvalue weighted by atomic mass is 9.69. The van der Waals surface area contributed by atoms with Crippen LogP contribution in [-0.4, -0.2) is 135 Å². The maximum Gasteiger partial charge on any atom is 0.319 e. The van der Waals surface area contributed by atoms with Gasteiger partial charge in [-0.15, -0.1) is 0 Å². The van der Waals surface area contributed by atoms with Crippen molar-refractivity contribution in [3.63, 3.8) is 0 Å². The fourth-order valence-electron chi connectivity index (χ4n) is 17.5. The SMILES string of the molecule is CC(C)(C)C1CCC(N)CC1.CC(C)(C)C1CCCCC1.CCC1CCC(C(C)(C)C)CC1.CCN(C)C1CCC(C(C)(C)C)CC1.CN(C(=O)CNC1CC1)C1CCC(C(C)(C)C)CC1.CN(C)C(=O)N(C)C1CCC(C(C)(C)C)CC1.CN(C)C1CCC(C(C)(C)C)CC1.